The first-order valence-electron chi connectivity index (χ1n) is 5.45. The summed E-state index contributed by atoms with van der Waals surface area (Å²) in [6.45, 7) is 1.49. The second-order valence-corrected chi connectivity index (χ2v) is 7.00. The third-order valence-electron chi connectivity index (χ3n) is 2.64. The van der Waals surface area contributed by atoms with E-state index in [-0.39, 0.29) is 15.9 Å². The second-order valence-electron chi connectivity index (χ2n) is 4.13. The van der Waals surface area contributed by atoms with Crippen molar-refractivity contribution in [3.63, 3.8) is 0 Å². The maximum atomic E-state index is 14.1. The molecular formula is C11H8BrFN2O5S. The van der Waals surface area contributed by atoms with Gasteiger partial charge < -0.3 is 5.11 Å². The van der Waals surface area contributed by atoms with Crippen molar-refractivity contribution in [2.45, 2.75) is 17.6 Å². The number of halogens is 2. The second kappa shape index (κ2) is 5.53. The third-order valence-corrected chi connectivity index (χ3v) is 4.72. The molecule has 2 rings (SSSR count). The van der Waals surface area contributed by atoms with E-state index in [0.29, 0.717) is 0 Å². The van der Waals surface area contributed by atoms with Gasteiger partial charge >= 0.3 is 5.97 Å². The van der Waals surface area contributed by atoms with Crippen molar-refractivity contribution in [2.24, 2.45) is 0 Å². The highest BCUT2D eigenvalue weighted by Gasteiger charge is 2.27. The predicted molar refractivity (Wildman–Crippen MR) is 71.0 cm³/mol. The van der Waals surface area contributed by atoms with E-state index in [2.05, 4.69) is 30.9 Å². The van der Waals surface area contributed by atoms with E-state index < -0.39 is 37.8 Å². The SMILES string of the molecule is Cc1nonc1CS(=O)(=O)c1cc(Br)cc(C(=O)O)c1F. The first kappa shape index (κ1) is 15.6. The minimum absolute atomic E-state index is 0.0336. The van der Waals surface area contributed by atoms with E-state index in [0.717, 1.165) is 12.1 Å². The van der Waals surface area contributed by atoms with Crippen LogP contribution in [-0.4, -0.2) is 29.8 Å². The van der Waals surface area contributed by atoms with Gasteiger partial charge in [-0.05, 0) is 19.1 Å². The molecule has 1 N–H and O–H groups in total. The van der Waals surface area contributed by atoms with Gasteiger partial charge in [0.2, 0.25) is 0 Å². The molecule has 2 aromatic rings. The standard InChI is InChI=1S/C11H8BrFN2O5S/c1-5-8(15-20-14-5)4-21(18,19)9-3-6(12)2-7(10(9)13)11(16)17/h2-3H,4H2,1H3,(H,16,17). The Morgan fingerprint density at radius 2 is 2.10 bits per heavy atom. The van der Waals surface area contributed by atoms with Crippen LogP contribution in [0.15, 0.2) is 26.1 Å². The average Bonchev–Trinajstić information content (AvgIpc) is 2.76. The molecule has 0 spiro atoms. The van der Waals surface area contributed by atoms with Gasteiger partial charge in [-0.2, -0.15) is 0 Å². The molecule has 0 fully saturated rings. The molecule has 1 aromatic carbocycles. The molecule has 0 aliphatic rings. The Hall–Kier alpha value is -1.81. The summed E-state index contributed by atoms with van der Waals surface area (Å²) in [4.78, 5) is 10.2. The van der Waals surface area contributed by atoms with Crippen LogP contribution < -0.4 is 0 Å². The number of aryl methyl sites for hydroxylation is 1. The molecule has 1 aromatic heterocycles. The molecule has 0 saturated carbocycles. The van der Waals surface area contributed by atoms with Crippen LogP contribution in [0.3, 0.4) is 0 Å². The fraction of sp³-hybridized carbons (Fsp3) is 0.182. The lowest BCUT2D eigenvalue weighted by atomic mass is 10.2. The lowest BCUT2D eigenvalue weighted by Crippen LogP contribution is -2.12. The molecule has 10 heteroatoms. The minimum atomic E-state index is -4.15. The number of carboxylic acid groups (broad SMARTS) is 1. The molecule has 0 unspecified atom stereocenters. The van der Waals surface area contributed by atoms with Crippen LogP contribution in [0.25, 0.3) is 0 Å². The van der Waals surface area contributed by atoms with Crippen molar-refractivity contribution in [3.8, 4) is 0 Å². The molecule has 0 aliphatic heterocycles. The van der Waals surface area contributed by atoms with E-state index in [4.69, 9.17) is 5.11 Å². The van der Waals surface area contributed by atoms with Gasteiger partial charge in [0.25, 0.3) is 0 Å². The number of carboxylic acids is 1. The number of aromatic nitrogens is 2. The summed E-state index contributed by atoms with van der Waals surface area (Å²) in [5.74, 6) is -3.53. The molecule has 0 aliphatic carbocycles. The van der Waals surface area contributed by atoms with Crippen LogP contribution in [0.5, 0.6) is 0 Å². The number of carbonyl (C=O) groups is 1. The molecule has 0 saturated heterocycles. The maximum absolute atomic E-state index is 14.1. The quantitative estimate of drug-likeness (QED) is 0.865. The number of hydrogen-bond acceptors (Lipinski definition) is 6. The molecule has 112 valence electrons. The van der Waals surface area contributed by atoms with E-state index in [1.165, 1.54) is 6.92 Å². The van der Waals surface area contributed by atoms with Crippen molar-refractivity contribution in [1.82, 2.24) is 10.3 Å². The Morgan fingerprint density at radius 1 is 1.43 bits per heavy atom. The van der Waals surface area contributed by atoms with Gasteiger partial charge in [0.15, 0.2) is 15.7 Å². The zero-order valence-electron chi connectivity index (χ0n) is 10.5. The van der Waals surface area contributed by atoms with E-state index in [1.54, 1.807) is 0 Å². The first-order chi connectivity index (χ1) is 9.72. The summed E-state index contributed by atoms with van der Waals surface area (Å²) in [6, 6.07) is 1.99. The Bertz CT molecular complexity index is 818. The number of rotatable bonds is 4. The van der Waals surface area contributed by atoms with E-state index >= 15 is 0 Å². The smallest absolute Gasteiger partial charge is 0.338 e. The van der Waals surface area contributed by atoms with Crippen LogP contribution in [0, 0.1) is 12.7 Å². The van der Waals surface area contributed by atoms with E-state index in [1.807, 2.05) is 0 Å². The summed E-state index contributed by atoms with van der Waals surface area (Å²) in [6.07, 6.45) is 0. The average molecular weight is 379 g/mol. The van der Waals surface area contributed by atoms with Gasteiger partial charge in [0, 0.05) is 4.47 Å². The fourth-order valence-electron chi connectivity index (χ4n) is 1.58. The van der Waals surface area contributed by atoms with Gasteiger partial charge in [-0.1, -0.05) is 26.2 Å². The highest BCUT2D eigenvalue weighted by Crippen LogP contribution is 2.26. The lowest BCUT2D eigenvalue weighted by Gasteiger charge is -2.07. The van der Waals surface area contributed by atoms with Crippen LogP contribution in [0.1, 0.15) is 21.7 Å². The van der Waals surface area contributed by atoms with Gasteiger partial charge in [-0.25, -0.2) is 22.2 Å². The Morgan fingerprint density at radius 3 is 2.62 bits per heavy atom. The van der Waals surface area contributed by atoms with Crippen LogP contribution >= 0.6 is 15.9 Å². The summed E-state index contributed by atoms with van der Waals surface area (Å²) >= 11 is 2.96. The predicted octanol–water partition coefficient (Wildman–Crippen LogP) is 1.95. The van der Waals surface area contributed by atoms with Gasteiger partial charge in [0.05, 0.1) is 5.56 Å². The minimum Gasteiger partial charge on any atom is -0.478 e. The Labute approximate surface area is 126 Å². The molecule has 21 heavy (non-hydrogen) atoms. The van der Waals surface area contributed by atoms with Crippen LogP contribution in [-0.2, 0) is 15.6 Å². The third kappa shape index (κ3) is 3.10. The molecule has 1 heterocycles. The summed E-state index contributed by atoms with van der Waals surface area (Å²) in [5.41, 5.74) is -0.448. The van der Waals surface area contributed by atoms with Gasteiger partial charge in [-0.15, -0.1) is 0 Å². The monoisotopic (exact) mass is 378 g/mol. The summed E-state index contributed by atoms with van der Waals surface area (Å²) < 4.78 is 43.1. The maximum Gasteiger partial charge on any atom is 0.338 e. The molecule has 0 atom stereocenters. The van der Waals surface area contributed by atoms with Crippen molar-refractivity contribution in [2.75, 3.05) is 0 Å². The molecule has 0 radical (unpaired) electrons. The first-order valence-corrected chi connectivity index (χ1v) is 7.90. The molecule has 0 amide bonds. The highest BCUT2D eigenvalue weighted by atomic mass is 79.9. The topological polar surface area (TPSA) is 110 Å². The summed E-state index contributed by atoms with van der Waals surface area (Å²) in [5, 5.41) is 15.7. The summed E-state index contributed by atoms with van der Waals surface area (Å²) in [7, 11) is -4.15. The van der Waals surface area contributed by atoms with Crippen molar-refractivity contribution in [1.29, 1.82) is 0 Å². The zero-order valence-corrected chi connectivity index (χ0v) is 12.9. The Kier molecular flexibility index (Phi) is 4.10. The van der Waals surface area contributed by atoms with E-state index in [9.17, 15) is 17.6 Å². The lowest BCUT2D eigenvalue weighted by molar-refractivity contribution is 0.0691. The zero-order chi connectivity index (χ0) is 15.8. The van der Waals surface area contributed by atoms with Gasteiger partial charge in [0.1, 0.15) is 22.0 Å². The van der Waals surface area contributed by atoms with Gasteiger partial charge in [-0.3, -0.25) is 0 Å². The molecule has 0 bridgehead atoms. The molecule has 7 nitrogen and oxygen atoms in total. The molecular weight excluding hydrogens is 371 g/mol. The van der Waals surface area contributed by atoms with Crippen molar-refractivity contribution in [3.05, 3.63) is 39.4 Å². The normalized spacial score (nSPS) is 11.6. The van der Waals surface area contributed by atoms with Crippen LogP contribution in [0.4, 0.5) is 4.39 Å². The van der Waals surface area contributed by atoms with Crippen LogP contribution in [0.2, 0.25) is 0 Å². The number of aromatic carboxylic acids is 1. The highest BCUT2D eigenvalue weighted by molar-refractivity contribution is 9.10. The fourth-order valence-corrected chi connectivity index (χ4v) is 3.66. The van der Waals surface area contributed by atoms with Crippen molar-refractivity contribution >= 4 is 31.7 Å². The number of nitrogens with zero attached hydrogens (tertiary/aromatic N) is 2. The van der Waals surface area contributed by atoms with Crippen molar-refractivity contribution < 1.29 is 27.3 Å². The number of benzene rings is 1. The number of sulfone groups is 1. The largest absolute Gasteiger partial charge is 0.478 e. The number of hydrogen-bond donors (Lipinski definition) is 1. The Balaban J connectivity index is 2.55.